The minimum Gasteiger partial charge on any atom is -0.385 e. The van der Waals surface area contributed by atoms with Crippen LogP contribution in [0.15, 0.2) is 18.5 Å². The Hall–Kier alpha value is -0.930. The molecule has 0 saturated carbocycles. The van der Waals surface area contributed by atoms with Gasteiger partial charge >= 0.3 is 0 Å². The molecule has 2 N–H and O–H groups in total. The summed E-state index contributed by atoms with van der Waals surface area (Å²) in [6.45, 7) is 4.97. The van der Waals surface area contributed by atoms with Crippen molar-refractivity contribution in [2.75, 3.05) is 6.54 Å². The molecule has 0 amide bonds. The van der Waals surface area contributed by atoms with Gasteiger partial charge in [-0.05, 0) is 45.2 Å². The Bertz CT molecular complexity index is 370. The molecule has 3 heteroatoms. The second kappa shape index (κ2) is 5.15. The van der Waals surface area contributed by atoms with Crippen LogP contribution in [-0.4, -0.2) is 22.7 Å². The summed E-state index contributed by atoms with van der Waals surface area (Å²) in [6.07, 6.45) is 8.03. The van der Waals surface area contributed by atoms with Crippen LogP contribution >= 0.6 is 0 Å². The van der Waals surface area contributed by atoms with Crippen LogP contribution < -0.4 is 5.32 Å². The van der Waals surface area contributed by atoms with Crippen molar-refractivity contribution >= 4 is 0 Å². The molecular formula is C14H22N2O. The fourth-order valence-corrected chi connectivity index (χ4v) is 2.55. The predicted octanol–water partition coefficient (Wildman–Crippen LogP) is 2.13. The van der Waals surface area contributed by atoms with E-state index in [-0.39, 0.29) is 0 Å². The van der Waals surface area contributed by atoms with Crippen LogP contribution in [0, 0.1) is 6.92 Å². The number of aryl methyl sites for hydroxylation is 1. The first-order chi connectivity index (χ1) is 8.08. The van der Waals surface area contributed by atoms with Crippen LogP contribution in [0.2, 0.25) is 0 Å². The van der Waals surface area contributed by atoms with E-state index < -0.39 is 5.60 Å². The van der Waals surface area contributed by atoms with E-state index in [4.69, 9.17) is 0 Å². The second-order valence-corrected chi connectivity index (χ2v) is 5.38. The Morgan fingerprint density at radius 3 is 2.94 bits per heavy atom. The Kier molecular flexibility index (Phi) is 3.79. The number of hydrogen-bond acceptors (Lipinski definition) is 3. The Balaban J connectivity index is 2.06. The summed E-state index contributed by atoms with van der Waals surface area (Å²) < 4.78 is 0. The van der Waals surface area contributed by atoms with Crippen LogP contribution in [0.1, 0.15) is 43.7 Å². The van der Waals surface area contributed by atoms with Crippen molar-refractivity contribution in [3.05, 3.63) is 29.6 Å². The highest BCUT2D eigenvalue weighted by molar-refractivity contribution is 5.22. The molecule has 1 aromatic rings. The van der Waals surface area contributed by atoms with Gasteiger partial charge in [0.15, 0.2) is 0 Å². The minimum atomic E-state index is -0.784. The lowest BCUT2D eigenvalue weighted by molar-refractivity contribution is 0.0328. The van der Waals surface area contributed by atoms with E-state index in [1.165, 1.54) is 12.8 Å². The third kappa shape index (κ3) is 3.27. The van der Waals surface area contributed by atoms with E-state index in [9.17, 15) is 5.11 Å². The summed E-state index contributed by atoms with van der Waals surface area (Å²) in [5, 5.41) is 14.1. The van der Waals surface area contributed by atoms with Gasteiger partial charge < -0.3 is 10.4 Å². The van der Waals surface area contributed by atoms with Gasteiger partial charge in [-0.25, -0.2) is 0 Å². The maximum Gasteiger partial charge on any atom is 0.0898 e. The molecule has 2 atom stereocenters. The standard InChI is InChI=1S/C14H22N2O/c1-11-7-12(10-15-9-11)14(2,17)8-13-5-3-4-6-16-13/h7,9-10,13,16-17H,3-6,8H2,1-2H3. The topological polar surface area (TPSA) is 45.2 Å². The normalized spacial score (nSPS) is 24.3. The number of nitrogens with zero attached hydrogens (tertiary/aromatic N) is 1. The Morgan fingerprint density at radius 1 is 1.47 bits per heavy atom. The average molecular weight is 234 g/mol. The number of hydrogen-bond donors (Lipinski definition) is 2. The fraction of sp³-hybridized carbons (Fsp3) is 0.643. The smallest absolute Gasteiger partial charge is 0.0898 e. The van der Waals surface area contributed by atoms with Crippen molar-refractivity contribution in [3.63, 3.8) is 0 Å². The lowest BCUT2D eigenvalue weighted by Gasteiger charge is -2.31. The summed E-state index contributed by atoms with van der Waals surface area (Å²) in [5.41, 5.74) is 1.23. The van der Waals surface area contributed by atoms with Gasteiger partial charge in [0.05, 0.1) is 5.60 Å². The van der Waals surface area contributed by atoms with Gasteiger partial charge in [-0.2, -0.15) is 0 Å². The molecule has 2 heterocycles. The van der Waals surface area contributed by atoms with Crippen LogP contribution in [-0.2, 0) is 5.60 Å². The monoisotopic (exact) mass is 234 g/mol. The van der Waals surface area contributed by atoms with Gasteiger partial charge in [-0.1, -0.05) is 12.5 Å². The van der Waals surface area contributed by atoms with E-state index in [0.29, 0.717) is 6.04 Å². The largest absolute Gasteiger partial charge is 0.385 e. The SMILES string of the molecule is Cc1cncc(C(C)(O)CC2CCCCN2)c1. The molecule has 94 valence electrons. The fourth-order valence-electron chi connectivity index (χ4n) is 2.55. The molecule has 1 fully saturated rings. The van der Waals surface area contributed by atoms with Gasteiger partial charge in [-0.15, -0.1) is 0 Å². The van der Waals surface area contributed by atoms with E-state index in [1.807, 2.05) is 26.1 Å². The molecule has 1 aliphatic heterocycles. The third-order valence-corrected chi connectivity index (χ3v) is 3.55. The molecule has 1 saturated heterocycles. The zero-order chi connectivity index (χ0) is 12.3. The zero-order valence-electron chi connectivity index (χ0n) is 10.7. The lowest BCUT2D eigenvalue weighted by Crippen LogP contribution is -2.39. The molecule has 0 aromatic carbocycles. The Morgan fingerprint density at radius 2 is 2.29 bits per heavy atom. The summed E-state index contributed by atoms with van der Waals surface area (Å²) in [6, 6.07) is 2.45. The molecule has 17 heavy (non-hydrogen) atoms. The molecule has 2 unspecified atom stereocenters. The molecule has 0 spiro atoms. The first-order valence-electron chi connectivity index (χ1n) is 6.46. The van der Waals surface area contributed by atoms with Crippen LogP contribution in [0.3, 0.4) is 0 Å². The molecular weight excluding hydrogens is 212 g/mol. The lowest BCUT2D eigenvalue weighted by atomic mass is 9.87. The molecule has 1 aromatic heterocycles. The minimum absolute atomic E-state index is 0.430. The highest BCUT2D eigenvalue weighted by Crippen LogP contribution is 2.28. The molecule has 0 aliphatic carbocycles. The number of aliphatic hydroxyl groups is 1. The van der Waals surface area contributed by atoms with Gasteiger partial charge in [-0.3, -0.25) is 4.98 Å². The van der Waals surface area contributed by atoms with Crippen LogP contribution in [0.5, 0.6) is 0 Å². The zero-order valence-corrected chi connectivity index (χ0v) is 10.7. The first-order valence-corrected chi connectivity index (χ1v) is 6.46. The van der Waals surface area contributed by atoms with Gasteiger partial charge in [0.1, 0.15) is 0 Å². The maximum absolute atomic E-state index is 10.6. The highest BCUT2D eigenvalue weighted by atomic mass is 16.3. The van der Waals surface area contributed by atoms with E-state index in [2.05, 4.69) is 10.3 Å². The number of rotatable bonds is 3. The molecule has 0 radical (unpaired) electrons. The molecule has 2 rings (SSSR count). The highest BCUT2D eigenvalue weighted by Gasteiger charge is 2.28. The van der Waals surface area contributed by atoms with Crippen molar-refractivity contribution < 1.29 is 5.11 Å². The van der Waals surface area contributed by atoms with E-state index in [1.54, 1.807) is 6.20 Å². The summed E-state index contributed by atoms with van der Waals surface area (Å²) >= 11 is 0. The number of pyridine rings is 1. The average Bonchev–Trinajstić information content (AvgIpc) is 2.30. The number of aromatic nitrogens is 1. The maximum atomic E-state index is 10.6. The van der Waals surface area contributed by atoms with Crippen molar-refractivity contribution in [3.8, 4) is 0 Å². The first kappa shape index (κ1) is 12.5. The third-order valence-electron chi connectivity index (χ3n) is 3.55. The van der Waals surface area contributed by atoms with Crippen LogP contribution in [0.4, 0.5) is 0 Å². The van der Waals surface area contributed by atoms with E-state index >= 15 is 0 Å². The molecule has 3 nitrogen and oxygen atoms in total. The van der Waals surface area contributed by atoms with Crippen LogP contribution in [0.25, 0.3) is 0 Å². The van der Waals surface area contributed by atoms with Crippen molar-refractivity contribution in [1.82, 2.24) is 10.3 Å². The van der Waals surface area contributed by atoms with Gasteiger partial charge in [0.2, 0.25) is 0 Å². The summed E-state index contributed by atoms with van der Waals surface area (Å²) in [4.78, 5) is 4.16. The van der Waals surface area contributed by atoms with Crippen molar-refractivity contribution in [1.29, 1.82) is 0 Å². The molecule has 1 aliphatic rings. The second-order valence-electron chi connectivity index (χ2n) is 5.38. The summed E-state index contributed by atoms with van der Waals surface area (Å²) in [5.74, 6) is 0. The van der Waals surface area contributed by atoms with Crippen molar-refractivity contribution in [2.45, 2.75) is 51.2 Å². The number of piperidine rings is 1. The summed E-state index contributed by atoms with van der Waals surface area (Å²) in [7, 11) is 0. The van der Waals surface area contributed by atoms with Gasteiger partial charge in [0.25, 0.3) is 0 Å². The van der Waals surface area contributed by atoms with E-state index in [0.717, 1.165) is 30.5 Å². The molecule has 0 bridgehead atoms. The predicted molar refractivity (Wildman–Crippen MR) is 68.8 cm³/mol. The Labute approximate surface area is 103 Å². The quantitative estimate of drug-likeness (QED) is 0.842. The number of nitrogens with one attached hydrogen (secondary N) is 1. The van der Waals surface area contributed by atoms with Gasteiger partial charge in [0, 0.05) is 24.0 Å². The van der Waals surface area contributed by atoms with Crippen molar-refractivity contribution in [2.24, 2.45) is 0 Å².